The molecule has 0 amide bonds. The topological polar surface area (TPSA) is 94.1 Å². The van der Waals surface area contributed by atoms with Crippen LogP contribution in [0.5, 0.6) is 5.88 Å². The van der Waals surface area contributed by atoms with Crippen molar-refractivity contribution in [2.75, 3.05) is 11.8 Å². The van der Waals surface area contributed by atoms with Gasteiger partial charge in [-0.1, -0.05) is 6.92 Å². The molecule has 0 unspecified atom stereocenters. The molecule has 1 N–H and O–H groups in total. The van der Waals surface area contributed by atoms with Crippen LogP contribution < -0.4 is 9.46 Å². The Hall–Kier alpha value is -2.81. The maximum Gasteiger partial charge on any atom is 0.309 e. The van der Waals surface area contributed by atoms with Gasteiger partial charge in [-0.25, -0.2) is 18.4 Å². The van der Waals surface area contributed by atoms with Gasteiger partial charge in [0.25, 0.3) is 0 Å². The lowest BCUT2D eigenvalue weighted by molar-refractivity contribution is 0.400. The maximum absolute atomic E-state index is 13.4. The van der Waals surface area contributed by atoms with E-state index >= 15 is 0 Å². The van der Waals surface area contributed by atoms with E-state index in [1.165, 1.54) is 13.3 Å². The van der Waals surface area contributed by atoms with Gasteiger partial charge in [0, 0.05) is 17.1 Å². The Morgan fingerprint density at radius 1 is 1.25 bits per heavy atom. The Bertz CT molecular complexity index is 1160. The van der Waals surface area contributed by atoms with Gasteiger partial charge in [-0.15, -0.1) is 0 Å². The number of benzene rings is 1. The molecule has 9 heteroatoms. The van der Waals surface area contributed by atoms with Crippen molar-refractivity contribution < 1.29 is 17.5 Å². The summed E-state index contributed by atoms with van der Waals surface area (Å²) in [7, 11) is -1.93. The predicted molar refractivity (Wildman–Crippen MR) is 104 cm³/mol. The van der Waals surface area contributed by atoms with Crippen molar-refractivity contribution in [3.63, 3.8) is 0 Å². The van der Waals surface area contributed by atoms with Crippen LogP contribution in [-0.4, -0.2) is 35.7 Å². The molecular weight excluding hydrogens is 383 g/mol. The predicted octanol–water partition coefficient (Wildman–Crippen LogP) is 3.31. The largest absolute Gasteiger partial charge is 0.480 e. The van der Waals surface area contributed by atoms with Crippen LogP contribution in [0, 0.1) is 6.08 Å². The van der Waals surface area contributed by atoms with Crippen LogP contribution in [0.4, 0.5) is 10.2 Å². The van der Waals surface area contributed by atoms with Gasteiger partial charge in [-0.2, -0.15) is 9.37 Å². The number of hydrogen-bond donors (Lipinski definition) is 1. The highest BCUT2D eigenvalue weighted by Crippen LogP contribution is 2.34. The van der Waals surface area contributed by atoms with Crippen LogP contribution in [0.25, 0.3) is 22.0 Å². The fraction of sp³-hybridized carbons (Fsp3) is 0.316. The van der Waals surface area contributed by atoms with Gasteiger partial charge in [0.05, 0.1) is 17.9 Å². The van der Waals surface area contributed by atoms with Gasteiger partial charge in [-0.3, -0.25) is 4.72 Å². The van der Waals surface area contributed by atoms with Gasteiger partial charge in [-0.05, 0) is 54.7 Å². The molecule has 1 aliphatic carbocycles. The average molecular weight is 402 g/mol. The molecular formula is C19H19FN4O3S. The lowest BCUT2D eigenvalue weighted by atomic mass is 9.99. The molecule has 2 heterocycles. The minimum absolute atomic E-state index is 0.217. The number of methoxy groups -OCH3 is 1. The van der Waals surface area contributed by atoms with Crippen LogP contribution >= 0.6 is 0 Å². The third-order valence-electron chi connectivity index (χ3n) is 4.69. The summed E-state index contributed by atoms with van der Waals surface area (Å²) in [4.78, 5) is 11.8. The van der Waals surface area contributed by atoms with E-state index < -0.39 is 16.1 Å². The van der Waals surface area contributed by atoms with E-state index in [1.54, 1.807) is 12.1 Å². The first-order valence-corrected chi connectivity index (χ1v) is 10.5. The van der Waals surface area contributed by atoms with Gasteiger partial charge in [0.2, 0.25) is 15.9 Å². The van der Waals surface area contributed by atoms with Crippen LogP contribution in [0.2, 0.25) is 0 Å². The molecule has 0 atom stereocenters. The van der Waals surface area contributed by atoms with E-state index in [0.717, 1.165) is 11.1 Å². The van der Waals surface area contributed by atoms with Crippen LogP contribution in [-0.2, 0) is 16.4 Å². The summed E-state index contributed by atoms with van der Waals surface area (Å²) >= 11 is 0. The third kappa shape index (κ3) is 3.49. The number of aromatic nitrogens is 3. The Morgan fingerprint density at radius 2 is 2.04 bits per heavy atom. The molecule has 1 aliphatic rings. The Morgan fingerprint density at radius 3 is 2.71 bits per heavy atom. The van der Waals surface area contributed by atoms with Crippen molar-refractivity contribution in [1.82, 2.24) is 15.0 Å². The Balaban J connectivity index is 1.77. The fourth-order valence-corrected chi connectivity index (χ4v) is 4.43. The number of nitrogens with one attached hydrogen (secondary N) is 1. The van der Waals surface area contributed by atoms with Crippen LogP contribution in [0.1, 0.15) is 25.3 Å². The van der Waals surface area contributed by atoms with E-state index in [4.69, 9.17) is 4.74 Å². The second-order valence-electron chi connectivity index (χ2n) is 6.67. The van der Waals surface area contributed by atoms with Crippen molar-refractivity contribution in [3.8, 4) is 17.0 Å². The average Bonchev–Trinajstić information content (AvgIpc) is 3.53. The first kappa shape index (κ1) is 18.5. The minimum Gasteiger partial charge on any atom is -0.480 e. The maximum atomic E-state index is 13.4. The van der Waals surface area contributed by atoms with Gasteiger partial charge < -0.3 is 4.74 Å². The number of aryl methyl sites for hydroxylation is 1. The zero-order valence-corrected chi connectivity index (χ0v) is 16.3. The summed E-state index contributed by atoms with van der Waals surface area (Å²) in [5.41, 5.74) is 2.94. The summed E-state index contributed by atoms with van der Waals surface area (Å²) in [5, 5.41) is 0.365. The Kier molecular flexibility index (Phi) is 4.62. The molecule has 0 saturated heterocycles. The molecule has 0 radical (unpaired) electrons. The van der Waals surface area contributed by atoms with Crippen molar-refractivity contribution in [2.24, 2.45) is 0 Å². The number of rotatable bonds is 6. The smallest absolute Gasteiger partial charge is 0.309 e. The standard InChI is InChI=1S/C19H19FN4O3S/c1-3-11-8-12(9-13-10-21-19(20)23-17(11)13)15-6-7-16(22-18(15)27-2)24-28(25,26)14-4-5-14/h6-10,14H,3-5H2,1-2H3,(H,22,24). The van der Waals surface area contributed by atoms with Crippen molar-refractivity contribution >= 4 is 26.7 Å². The second kappa shape index (κ2) is 6.97. The van der Waals surface area contributed by atoms with Crippen molar-refractivity contribution in [2.45, 2.75) is 31.4 Å². The summed E-state index contributed by atoms with van der Waals surface area (Å²) in [5.74, 6) is 0.509. The molecule has 0 spiro atoms. The molecule has 7 nitrogen and oxygen atoms in total. The van der Waals surface area contributed by atoms with E-state index in [1.807, 2.05) is 19.1 Å². The number of hydrogen-bond acceptors (Lipinski definition) is 6. The molecule has 0 aliphatic heterocycles. The number of ether oxygens (including phenoxy) is 1. The first-order chi connectivity index (χ1) is 13.4. The normalized spacial score (nSPS) is 14.2. The number of anilines is 1. The number of nitrogens with zero attached hydrogens (tertiary/aromatic N) is 3. The monoisotopic (exact) mass is 402 g/mol. The number of fused-ring (bicyclic) bond motifs is 1. The molecule has 28 heavy (non-hydrogen) atoms. The minimum atomic E-state index is -3.41. The van der Waals surface area contributed by atoms with E-state index in [9.17, 15) is 12.8 Å². The number of halogens is 1. The molecule has 3 aromatic rings. The lowest BCUT2D eigenvalue weighted by Gasteiger charge is -2.13. The highest BCUT2D eigenvalue weighted by molar-refractivity contribution is 7.93. The summed E-state index contributed by atoms with van der Waals surface area (Å²) in [6, 6.07) is 7.10. The van der Waals surface area contributed by atoms with Crippen LogP contribution in [0.3, 0.4) is 0 Å². The highest BCUT2D eigenvalue weighted by Gasteiger charge is 2.36. The SMILES string of the molecule is CCc1cc(-c2ccc(NS(=O)(=O)C3CC3)nc2OC)cc2cnc(F)nc12. The first-order valence-electron chi connectivity index (χ1n) is 8.93. The third-order valence-corrected chi connectivity index (χ3v) is 6.53. The molecule has 1 saturated carbocycles. The molecule has 1 aromatic carbocycles. The molecule has 2 aromatic heterocycles. The van der Waals surface area contributed by atoms with E-state index in [-0.39, 0.29) is 11.1 Å². The molecule has 0 bridgehead atoms. The second-order valence-corrected chi connectivity index (χ2v) is 8.63. The highest BCUT2D eigenvalue weighted by atomic mass is 32.2. The van der Waals surface area contributed by atoms with Gasteiger partial charge in [0.15, 0.2) is 0 Å². The lowest BCUT2D eigenvalue weighted by Crippen LogP contribution is -2.18. The van der Waals surface area contributed by atoms with E-state index in [0.29, 0.717) is 41.6 Å². The fourth-order valence-electron chi connectivity index (χ4n) is 3.10. The van der Waals surface area contributed by atoms with Gasteiger partial charge >= 0.3 is 6.08 Å². The molecule has 4 rings (SSSR count). The van der Waals surface area contributed by atoms with Crippen LogP contribution in [0.15, 0.2) is 30.5 Å². The van der Waals surface area contributed by atoms with Crippen molar-refractivity contribution in [3.05, 3.63) is 42.1 Å². The quantitative estimate of drug-likeness (QED) is 0.636. The number of pyridine rings is 1. The molecule has 146 valence electrons. The summed E-state index contributed by atoms with van der Waals surface area (Å²) in [6.07, 6.45) is 2.68. The van der Waals surface area contributed by atoms with E-state index in [2.05, 4.69) is 19.7 Å². The molecule has 1 fully saturated rings. The zero-order chi connectivity index (χ0) is 19.9. The number of sulfonamides is 1. The van der Waals surface area contributed by atoms with Crippen molar-refractivity contribution in [1.29, 1.82) is 0 Å². The zero-order valence-electron chi connectivity index (χ0n) is 15.4. The summed E-state index contributed by atoms with van der Waals surface area (Å²) < 4.78 is 45.6. The summed E-state index contributed by atoms with van der Waals surface area (Å²) in [6.45, 7) is 1.96. The Labute approximate surface area is 162 Å². The van der Waals surface area contributed by atoms with Gasteiger partial charge in [0.1, 0.15) is 5.82 Å².